The summed E-state index contributed by atoms with van der Waals surface area (Å²) in [4.78, 5) is 2.38. The van der Waals surface area contributed by atoms with Gasteiger partial charge < -0.3 is 10.0 Å². The van der Waals surface area contributed by atoms with Gasteiger partial charge in [-0.15, -0.1) is 0 Å². The van der Waals surface area contributed by atoms with E-state index in [0.29, 0.717) is 5.92 Å². The average molecular weight is 325 g/mol. The summed E-state index contributed by atoms with van der Waals surface area (Å²) in [6, 6.07) is 8.93. The zero-order valence-electron chi connectivity index (χ0n) is 15.4. The molecule has 1 aliphatic carbocycles. The minimum absolute atomic E-state index is 0.165. The lowest BCUT2D eigenvalue weighted by Gasteiger charge is -2.43. The lowest BCUT2D eigenvalue weighted by molar-refractivity contribution is 0.00760. The van der Waals surface area contributed by atoms with Crippen molar-refractivity contribution in [3.05, 3.63) is 54.3 Å². The maximum absolute atomic E-state index is 10.7. The molecule has 1 heterocycles. The summed E-state index contributed by atoms with van der Waals surface area (Å²) in [5, 5.41) is 10.7. The highest BCUT2D eigenvalue weighted by atomic mass is 16.3. The predicted molar refractivity (Wildman–Crippen MR) is 102 cm³/mol. The van der Waals surface area contributed by atoms with Gasteiger partial charge >= 0.3 is 0 Å². The normalized spacial score (nSPS) is 30.4. The molecule has 0 bridgehead atoms. The fraction of sp³-hybridized carbons (Fsp3) is 0.545. The molecule has 1 spiro atoms. The maximum Gasteiger partial charge on any atom is 0.0852 e. The molecule has 1 saturated carbocycles. The minimum Gasteiger partial charge on any atom is -0.386 e. The van der Waals surface area contributed by atoms with Crippen LogP contribution < -0.4 is 4.90 Å². The van der Waals surface area contributed by atoms with Crippen molar-refractivity contribution in [2.75, 3.05) is 11.4 Å². The fourth-order valence-electron chi connectivity index (χ4n) is 4.32. The lowest BCUT2D eigenvalue weighted by atomic mass is 9.65. The van der Waals surface area contributed by atoms with Crippen LogP contribution in [0.3, 0.4) is 0 Å². The van der Waals surface area contributed by atoms with Gasteiger partial charge in [0.15, 0.2) is 0 Å². The molecule has 3 rings (SSSR count). The van der Waals surface area contributed by atoms with E-state index in [9.17, 15) is 5.11 Å². The predicted octanol–water partition coefficient (Wildman–Crippen LogP) is 5.40. The smallest absolute Gasteiger partial charge is 0.0852 e. The molecule has 1 aliphatic heterocycles. The molecule has 0 radical (unpaired) electrons. The molecule has 130 valence electrons. The van der Waals surface area contributed by atoms with E-state index in [-0.39, 0.29) is 5.41 Å². The number of allylic oxidation sites excluding steroid dienone is 1. The highest BCUT2D eigenvalue weighted by Gasteiger charge is 2.48. The van der Waals surface area contributed by atoms with Crippen LogP contribution in [0.1, 0.15) is 64.4 Å². The molecule has 0 aromatic heterocycles. The van der Waals surface area contributed by atoms with Crippen LogP contribution in [0, 0.1) is 5.41 Å². The van der Waals surface area contributed by atoms with E-state index in [4.69, 9.17) is 0 Å². The largest absolute Gasteiger partial charge is 0.386 e. The standard InChI is InChI=1S/C22H31NO/c1-16(2)19-6-8-20(9-7-19)23-15-14-21(18(23)5)10-12-22(24,13-11-21)17(3)4/h6-9,16,24H,3,5,10-15H2,1-2,4H3/t21-,22+. The number of anilines is 1. The first-order valence-electron chi connectivity index (χ1n) is 9.23. The SMILES string of the molecule is C=C(C)[C@]1(O)CC[C@]2(CCN(c3ccc(C(C)C)cc3)C2=C)CC1. The van der Waals surface area contributed by atoms with Crippen molar-refractivity contribution in [2.45, 2.75) is 64.4 Å². The molecule has 24 heavy (non-hydrogen) atoms. The number of rotatable bonds is 3. The molecule has 2 fully saturated rings. The van der Waals surface area contributed by atoms with Crippen LogP contribution in [-0.2, 0) is 0 Å². The molecule has 0 unspecified atom stereocenters. The Hall–Kier alpha value is -1.54. The summed E-state index contributed by atoms with van der Waals surface area (Å²) in [7, 11) is 0. The van der Waals surface area contributed by atoms with Crippen molar-refractivity contribution >= 4 is 5.69 Å². The summed E-state index contributed by atoms with van der Waals surface area (Å²) in [5.74, 6) is 0.560. The van der Waals surface area contributed by atoms with Crippen molar-refractivity contribution in [1.82, 2.24) is 0 Å². The zero-order valence-corrected chi connectivity index (χ0v) is 15.4. The summed E-state index contributed by atoms with van der Waals surface area (Å²) in [6.45, 7) is 15.9. The van der Waals surface area contributed by atoms with Gasteiger partial charge in [-0.1, -0.05) is 39.1 Å². The quantitative estimate of drug-likeness (QED) is 0.752. The summed E-state index contributed by atoms with van der Waals surface area (Å²) < 4.78 is 0. The molecule has 1 N–H and O–H groups in total. The molecule has 2 heteroatoms. The number of aliphatic hydroxyl groups is 1. The van der Waals surface area contributed by atoms with E-state index in [1.807, 2.05) is 6.92 Å². The van der Waals surface area contributed by atoms with Gasteiger partial charge in [0.1, 0.15) is 0 Å². The molecular formula is C22H31NO. The molecular weight excluding hydrogens is 294 g/mol. The van der Waals surface area contributed by atoms with Crippen molar-refractivity contribution in [1.29, 1.82) is 0 Å². The molecule has 1 aromatic carbocycles. The third-order valence-corrected chi connectivity index (χ3v) is 6.45. The van der Waals surface area contributed by atoms with Gasteiger partial charge in [0, 0.05) is 23.3 Å². The summed E-state index contributed by atoms with van der Waals surface area (Å²) >= 11 is 0. The van der Waals surface area contributed by atoms with Gasteiger partial charge in [0.05, 0.1) is 5.60 Å². The van der Waals surface area contributed by atoms with Crippen LogP contribution in [0.4, 0.5) is 5.69 Å². The zero-order chi connectivity index (χ0) is 17.5. The van der Waals surface area contributed by atoms with Crippen LogP contribution >= 0.6 is 0 Å². The van der Waals surface area contributed by atoms with Crippen molar-refractivity contribution in [3.8, 4) is 0 Å². The Kier molecular flexibility index (Phi) is 4.37. The van der Waals surface area contributed by atoms with Gasteiger partial charge in [-0.2, -0.15) is 0 Å². The van der Waals surface area contributed by atoms with E-state index in [0.717, 1.165) is 44.2 Å². The van der Waals surface area contributed by atoms with Gasteiger partial charge in [-0.05, 0) is 68.2 Å². The molecule has 1 aromatic rings. The van der Waals surface area contributed by atoms with Crippen LogP contribution in [0.5, 0.6) is 0 Å². The van der Waals surface area contributed by atoms with Gasteiger partial charge in [0.2, 0.25) is 0 Å². The van der Waals surface area contributed by atoms with Crippen LogP contribution in [0.15, 0.2) is 48.7 Å². The average Bonchev–Trinajstić information content (AvgIpc) is 2.87. The van der Waals surface area contributed by atoms with E-state index < -0.39 is 5.60 Å². The Morgan fingerprint density at radius 3 is 2.17 bits per heavy atom. The topological polar surface area (TPSA) is 23.5 Å². The monoisotopic (exact) mass is 325 g/mol. The molecule has 0 amide bonds. The Labute approximate surface area is 146 Å². The van der Waals surface area contributed by atoms with Gasteiger partial charge in [-0.25, -0.2) is 0 Å². The van der Waals surface area contributed by atoms with E-state index in [2.05, 4.69) is 56.2 Å². The van der Waals surface area contributed by atoms with Crippen LogP contribution in [0.25, 0.3) is 0 Å². The lowest BCUT2D eigenvalue weighted by Crippen LogP contribution is -2.40. The third kappa shape index (κ3) is 2.82. The van der Waals surface area contributed by atoms with Crippen molar-refractivity contribution < 1.29 is 5.11 Å². The molecule has 1 saturated heterocycles. The van der Waals surface area contributed by atoms with E-state index in [1.165, 1.54) is 16.9 Å². The first kappa shape index (κ1) is 17.3. The maximum atomic E-state index is 10.7. The molecule has 2 aliphatic rings. The highest BCUT2D eigenvalue weighted by Crippen LogP contribution is 2.54. The van der Waals surface area contributed by atoms with Gasteiger partial charge in [-0.3, -0.25) is 0 Å². The van der Waals surface area contributed by atoms with E-state index in [1.54, 1.807) is 0 Å². The second kappa shape index (κ2) is 6.07. The Morgan fingerprint density at radius 2 is 1.67 bits per heavy atom. The highest BCUT2D eigenvalue weighted by molar-refractivity contribution is 5.56. The number of hydrogen-bond acceptors (Lipinski definition) is 2. The van der Waals surface area contributed by atoms with E-state index >= 15 is 0 Å². The Balaban J connectivity index is 1.75. The van der Waals surface area contributed by atoms with Crippen molar-refractivity contribution in [2.24, 2.45) is 5.41 Å². The first-order chi connectivity index (χ1) is 11.3. The second-order valence-electron chi connectivity index (χ2n) is 8.19. The Morgan fingerprint density at radius 1 is 1.08 bits per heavy atom. The minimum atomic E-state index is -0.669. The number of hydrogen-bond donors (Lipinski definition) is 1. The fourth-order valence-corrected chi connectivity index (χ4v) is 4.32. The molecule has 0 atom stereocenters. The molecule has 2 nitrogen and oxygen atoms in total. The first-order valence-corrected chi connectivity index (χ1v) is 9.23. The number of benzene rings is 1. The Bertz CT molecular complexity index is 632. The van der Waals surface area contributed by atoms with Crippen molar-refractivity contribution in [3.63, 3.8) is 0 Å². The van der Waals surface area contributed by atoms with Gasteiger partial charge in [0.25, 0.3) is 0 Å². The van der Waals surface area contributed by atoms with Crippen LogP contribution in [-0.4, -0.2) is 17.3 Å². The number of nitrogens with zero attached hydrogens (tertiary/aromatic N) is 1. The third-order valence-electron chi connectivity index (χ3n) is 6.45. The van der Waals surface area contributed by atoms with Crippen LogP contribution in [0.2, 0.25) is 0 Å². The summed E-state index contributed by atoms with van der Waals surface area (Å²) in [6.07, 6.45) is 4.78. The second-order valence-corrected chi connectivity index (χ2v) is 8.19. The summed E-state index contributed by atoms with van der Waals surface area (Å²) in [5.41, 5.74) is 4.27.